The van der Waals surface area contributed by atoms with Crippen LogP contribution < -0.4 is 5.73 Å². The van der Waals surface area contributed by atoms with E-state index in [1.165, 1.54) is 0 Å². The zero-order chi connectivity index (χ0) is 14.1. The van der Waals surface area contributed by atoms with Crippen molar-refractivity contribution in [1.82, 2.24) is 15.0 Å². The van der Waals surface area contributed by atoms with Crippen molar-refractivity contribution in [2.75, 3.05) is 5.73 Å². The van der Waals surface area contributed by atoms with Crippen LogP contribution in [0.3, 0.4) is 0 Å². The maximum atomic E-state index is 5.74. The van der Waals surface area contributed by atoms with Gasteiger partial charge in [0.15, 0.2) is 5.76 Å². The lowest BCUT2D eigenvalue weighted by Gasteiger charge is -2.06. The molecule has 0 aliphatic carbocycles. The van der Waals surface area contributed by atoms with Gasteiger partial charge in [-0.3, -0.25) is 0 Å². The molecule has 0 bridgehead atoms. The fourth-order valence-electron chi connectivity index (χ4n) is 2.21. The average molecular weight is 268 g/mol. The van der Waals surface area contributed by atoms with Gasteiger partial charge in [-0.15, -0.1) is 0 Å². The Balaban J connectivity index is 2.18. The molecule has 0 aromatic carbocycles. The molecule has 102 valence electrons. The number of fused-ring (bicyclic) bond motifs is 1. The quantitative estimate of drug-likeness (QED) is 0.789. The second kappa shape index (κ2) is 4.92. The van der Waals surface area contributed by atoms with Crippen LogP contribution >= 0.6 is 0 Å². The molecule has 0 aliphatic heterocycles. The standard InChI is InChI=1S/C15H16N4O/c1-3-4-11-14-12(19-15(16)18-11)7-6-10(17-14)13-8-5-9(2)20-13/h5-8H,3-4H2,1-2H3,(H2,16,18,19). The number of furan rings is 1. The number of hydrogen-bond acceptors (Lipinski definition) is 5. The van der Waals surface area contributed by atoms with E-state index < -0.39 is 0 Å². The van der Waals surface area contributed by atoms with E-state index >= 15 is 0 Å². The van der Waals surface area contributed by atoms with Crippen molar-refractivity contribution in [1.29, 1.82) is 0 Å². The van der Waals surface area contributed by atoms with E-state index in [-0.39, 0.29) is 0 Å². The summed E-state index contributed by atoms with van der Waals surface area (Å²) in [6.45, 7) is 4.01. The van der Waals surface area contributed by atoms with Crippen molar-refractivity contribution in [3.63, 3.8) is 0 Å². The summed E-state index contributed by atoms with van der Waals surface area (Å²) in [7, 11) is 0. The molecular weight excluding hydrogens is 252 g/mol. The van der Waals surface area contributed by atoms with Gasteiger partial charge in [0, 0.05) is 0 Å². The molecule has 3 aromatic heterocycles. The van der Waals surface area contributed by atoms with E-state index in [2.05, 4.69) is 21.9 Å². The molecule has 0 saturated carbocycles. The Hall–Kier alpha value is -2.43. The number of rotatable bonds is 3. The Bertz CT molecular complexity index is 764. The van der Waals surface area contributed by atoms with Crippen molar-refractivity contribution in [2.45, 2.75) is 26.7 Å². The number of pyridine rings is 1. The number of hydrogen-bond donors (Lipinski definition) is 1. The predicted molar refractivity (Wildman–Crippen MR) is 78.2 cm³/mol. The normalized spacial score (nSPS) is 11.1. The SMILES string of the molecule is CCCc1nc(N)nc2ccc(-c3ccc(C)o3)nc12. The molecule has 20 heavy (non-hydrogen) atoms. The summed E-state index contributed by atoms with van der Waals surface area (Å²) in [6, 6.07) is 7.64. The summed E-state index contributed by atoms with van der Waals surface area (Å²) < 4.78 is 5.61. The minimum absolute atomic E-state index is 0.296. The van der Waals surface area contributed by atoms with E-state index in [1.54, 1.807) is 0 Å². The van der Waals surface area contributed by atoms with Gasteiger partial charge < -0.3 is 10.2 Å². The highest BCUT2D eigenvalue weighted by Crippen LogP contribution is 2.24. The first-order valence-corrected chi connectivity index (χ1v) is 6.67. The van der Waals surface area contributed by atoms with Crippen LogP contribution in [0.25, 0.3) is 22.5 Å². The van der Waals surface area contributed by atoms with Gasteiger partial charge in [-0.05, 0) is 37.6 Å². The summed E-state index contributed by atoms with van der Waals surface area (Å²) in [5.41, 5.74) is 8.99. The Morgan fingerprint density at radius 3 is 2.65 bits per heavy atom. The number of nitrogens with two attached hydrogens (primary N) is 1. The smallest absolute Gasteiger partial charge is 0.220 e. The summed E-state index contributed by atoms with van der Waals surface area (Å²) in [5.74, 6) is 1.91. The molecule has 0 amide bonds. The Morgan fingerprint density at radius 1 is 1.10 bits per heavy atom. The van der Waals surface area contributed by atoms with Gasteiger partial charge in [0.25, 0.3) is 0 Å². The molecule has 0 saturated heterocycles. The molecular formula is C15H16N4O. The van der Waals surface area contributed by atoms with E-state index in [0.717, 1.165) is 46.8 Å². The number of nitrogens with zero attached hydrogens (tertiary/aromatic N) is 3. The lowest BCUT2D eigenvalue weighted by atomic mass is 10.2. The monoisotopic (exact) mass is 268 g/mol. The van der Waals surface area contributed by atoms with Crippen LogP contribution in [0.2, 0.25) is 0 Å². The first-order chi connectivity index (χ1) is 9.67. The molecule has 5 heteroatoms. The molecule has 5 nitrogen and oxygen atoms in total. The molecule has 3 rings (SSSR count). The topological polar surface area (TPSA) is 77.8 Å². The molecule has 0 aliphatic rings. The Labute approximate surface area is 116 Å². The van der Waals surface area contributed by atoms with Crippen LogP contribution in [0, 0.1) is 6.92 Å². The zero-order valence-corrected chi connectivity index (χ0v) is 11.6. The van der Waals surface area contributed by atoms with Gasteiger partial charge in [0.2, 0.25) is 5.95 Å². The predicted octanol–water partition coefficient (Wildman–Crippen LogP) is 3.13. The van der Waals surface area contributed by atoms with Gasteiger partial charge in [-0.25, -0.2) is 15.0 Å². The molecule has 0 atom stereocenters. The summed E-state index contributed by atoms with van der Waals surface area (Å²) >= 11 is 0. The minimum Gasteiger partial charge on any atom is -0.460 e. The fraction of sp³-hybridized carbons (Fsp3) is 0.267. The highest BCUT2D eigenvalue weighted by atomic mass is 16.3. The van der Waals surface area contributed by atoms with Crippen molar-refractivity contribution in [2.24, 2.45) is 0 Å². The summed E-state index contributed by atoms with van der Waals surface area (Å²) in [6.07, 6.45) is 1.81. The summed E-state index contributed by atoms with van der Waals surface area (Å²) in [5, 5.41) is 0. The highest BCUT2D eigenvalue weighted by Gasteiger charge is 2.10. The van der Waals surface area contributed by atoms with Crippen LogP contribution in [-0.4, -0.2) is 15.0 Å². The van der Waals surface area contributed by atoms with Crippen LogP contribution in [-0.2, 0) is 6.42 Å². The second-order valence-corrected chi connectivity index (χ2v) is 4.75. The molecule has 0 radical (unpaired) electrons. The van der Waals surface area contributed by atoms with Crippen molar-refractivity contribution >= 4 is 17.0 Å². The van der Waals surface area contributed by atoms with E-state index in [1.807, 2.05) is 31.2 Å². The van der Waals surface area contributed by atoms with Gasteiger partial charge in [-0.2, -0.15) is 0 Å². The second-order valence-electron chi connectivity index (χ2n) is 4.75. The van der Waals surface area contributed by atoms with E-state index in [4.69, 9.17) is 10.2 Å². The molecule has 0 unspecified atom stereocenters. The first-order valence-electron chi connectivity index (χ1n) is 6.67. The largest absolute Gasteiger partial charge is 0.460 e. The Kier molecular flexibility index (Phi) is 3.10. The third kappa shape index (κ3) is 2.22. The minimum atomic E-state index is 0.296. The molecule has 3 heterocycles. The number of aryl methyl sites for hydroxylation is 2. The fourth-order valence-corrected chi connectivity index (χ4v) is 2.21. The van der Waals surface area contributed by atoms with Crippen LogP contribution in [0.4, 0.5) is 5.95 Å². The third-order valence-electron chi connectivity index (χ3n) is 3.11. The van der Waals surface area contributed by atoms with Crippen molar-refractivity contribution in [3.8, 4) is 11.5 Å². The molecule has 0 spiro atoms. The lowest BCUT2D eigenvalue weighted by Crippen LogP contribution is -2.02. The maximum Gasteiger partial charge on any atom is 0.220 e. The van der Waals surface area contributed by atoms with E-state index in [0.29, 0.717) is 5.95 Å². The highest BCUT2D eigenvalue weighted by molar-refractivity contribution is 5.80. The third-order valence-corrected chi connectivity index (χ3v) is 3.11. The lowest BCUT2D eigenvalue weighted by molar-refractivity contribution is 0.546. The molecule has 0 fully saturated rings. The maximum absolute atomic E-state index is 5.74. The van der Waals surface area contributed by atoms with Crippen LogP contribution in [0.1, 0.15) is 24.8 Å². The van der Waals surface area contributed by atoms with E-state index in [9.17, 15) is 0 Å². The van der Waals surface area contributed by atoms with Gasteiger partial charge >= 0.3 is 0 Å². The van der Waals surface area contributed by atoms with Crippen molar-refractivity contribution < 1.29 is 4.42 Å². The Morgan fingerprint density at radius 2 is 1.95 bits per heavy atom. The summed E-state index contributed by atoms with van der Waals surface area (Å²) in [4.78, 5) is 13.2. The molecule has 3 aromatic rings. The van der Waals surface area contributed by atoms with Gasteiger partial charge in [0.05, 0.1) is 11.2 Å². The number of aromatic nitrogens is 3. The van der Waals surface area contributed by atoms with Gasteiger partial charge in [0.1, 0.15) is 17.0 Å². The van der Waals surface area contributed by atoms with Gasteiger partial charge in [-0.1, -0.05) is 13.3 Å². The average Bonchev–Trinajstić information content (AvgIpc) is 2.85. The van der Waals surface area contributed by atoms with Crippen molar-refractivity contribution in [3.05, 3.63) is 35.7 Å². The molecule has 2 N–H and O–H groups in total. The first kappa shape index (κ1) is 12.6. The zero-order valence-electron chi connectivity index (χ0n) is 11.6. The number of nitrogen functional groups attached to an aromatic ring is 1. The van der Waals surface area contributed by atoms with Crippen LogP contribution in [0.5, 0.6) is 0 Å². The number of anilines is 1. The van der Waals surface area contributed by atoms with Crippen LogP contribution in [0.15, 0.2) is 28.7 Å².